The van der Waals surface area contributed by atoms with Crippen molar-refractivity contribution in [3.63, 3.8) is 0 Å². The fourth-order valence-corrected chi connectivity index (χ4v) is 4.75. The van der Waals surface area contributed by atoms with E-state index in [1.807, 2.05) is 0 Å². The van der Waals surface area contributed by atoms with E-state index in [0.29, 0.717) is 35.7 Å². The molecule has 2 aromatic rings. The Morgan fingerprint density at radius 2 is 1.88 bits per heavy atom. The van der Waals surface area contributed by atoms with Gasteiger partial charge in [-0.15, -0.1) is 0 Å². The number of benzene rings is 1. The zero-order valence-corrected chi connectivity index (χ0v) is 18.9. The molecule has 2 aliphatic rings. The molecule has 1 aromatic carbocycles. The molecular weight excluding hydrogens is 446 g/mol. The average Bonchev–Trinajstić information content (AvgIpc) is 3.20. The summed E-state index contributed by atoms with van der Waals surface area (Å²) in [5.41, 5.74) is 1.36. The van der Waals surface area contributed by atoms with E-state index in [2.05, 4.69) is 0 Å². The molecule has 2 fully saturated rings. The Hall–Kier alpha value is -3.40. The monoisotopic (exact) mass is 469 g/mol. The van der Waals surface area contributed by atoms with E-state index in [9.17, 15) is 24.5 Å². The van der Waals surface area contributed by atoms with Crippen molar-refractivity contribution in [1.82, 2.24) is 9.80 Å². The SMILES string of the molecule is Cc1cc([N+](=O)[O-])ccc1-c1ccc(C=C2SC(=O)N(CC(=O)N3CCCCCC3)C2=O)o1. The van der Waals surface area contributed by atoms with E-state index < -0.39 is 16.1 Å². The summed E-state index contributed by atoms with van der Waals surface area (Å²) in [4.78, 5) is 51.2. The van der Waals surface area contributed by atoms with Gasteiger partial charge in [0.15, 0.2) is 0 Å². The topological polar surface area (TPSA) is 114 Å². The zero-order valence-electron chi connectivity index (χ0n) is 18.1. The summed E-state index contributed by atoms with van der Waals surface area (Å²) in [7, 11) is 0. The van der Waals surface area contributed by atoms with Gasteiger partial charge in [-0.25, -0.2) is 0 Å². The molecule has 172 valence electrons. The van der Waals surface area contributed by atoms with Crippen LogP contribution in [0.4, 0.5) is 10.5 Å². The molecule has 4 rings (SSSR count). The molecule has 0 atom stereocenters. The van der Waals surface area contributed by atoms with Gasteiger partial charge >= 0.3 is 0 Å². The Balaban J connectivity index is 1.47. The number of carbonyl (C=O) groups excluding carboxylic acids is 3. The van der Waals surface area contributed by atoms with Crippen molar-refractivity contribution in [3.05, 3.63) is 56.7 Å². The van der Waals surface area contributed by atoms with Crippen LogP contribution in [0.5, 0.6) is 0 Å². The van der Waals surface area contributed by atoms with Crippen LogP contribution < -0.4 is 0 Å². The second-order valence-corrected chi connectivity index (χ2v) is 9.01. The molecule has 1 aromatic heterocycles. The van der Waals surface area contributed by atoms with Crippen molar-refractivity contribution in [1.29, 1.82) is 0 Å². The number of non-ortho nitro benzene ring substituents is 1. The standard InChI is InChI=1S/C23H23N3O6S/c1-15-12-16(26(30)31)6-8-18(15)19-9-7-17(32-19)13-20-22(28)25(23(29)33-20)14-21(27)24-10-4-2-3-5-11-24/h6-9,12-13H,2-5,10-11,14H2,1H3. The quantitative estimate of drug-likeness (QED) is 0.357. The highest BCUT2D eigenvalue weighted by Crippen LogP contribution is 2.34. The van der Waals surface area contributed by atoms with Gasteiger partial charge in [0, 0.05) is 36.9 Å². The van der Waals surface area contributed by atoms with E-state index in [4.69, 9.17) is 4.42 Å². The van der Waals surface area contributed by atoms with Crippen LogP contribution in [0.2, 0.25) is 0 Å². The number of furan rings is 1. The maximum atomic E-state index is 12.8. The van der Waals surface area contributed by atoms with E-state index in [1.165, 1.54) is 18.2 Å². The lowest BCUT2D eigenvalue weighted by molar-refractivity contribution is -0.384. The van der Waals surface area contributed by atoms with E-state index in [0.717, 1.165) is 42.3 Å². The first-order valence-electron chi connectivity index (χ1n) is 10.7. The number of aryl methyl sites for hydroxylation is 1. The molecular formula is C23H23N3O6S. The fourth-order valence-electron chi connectivity index (χ4n) is 3.93. The van der Waals surface area contributed by atoms with Gasteiger partial charge in [0.25, 0.3) is 16.8 Å². The van der Waals surface area contributed by atoms with Crippen LogP contribution in [0.15, 0.2) is 39.7 Å². The number of nitro groups is 1. The molecule has 0 radical (unpaired) electrons. The minimum atomic E-state index is -0.516. The van der Waals surface area contributed by atoms with Gasteiger partial charge < -0.3 is 9.32 Å². The third kappa shape index (κ3) is 5.00. The highest BCUT2D eigenvalue weighted by atomic mass is 32.2. The normalized spacial score (nSPS) is 18.2. The van der Waals surface area contributed by atoms with Crippen molar-refractivity contribution in [2.75, 3.05) is 19.6 Å². The van der Waals surface area contributed by atoms with Crippen molar-refractivity contribution in [3.8, 4) is 11.3 Å². The summed E-state index contributed by atoms with van der Waals surface area (Å²) in [6.45, 7) is 2.80. The zero-order chi connectivity index (χ0) is 23.5. The Morgan fingerprint density at radius 3 is 2.55 bits per heavy atom. The molecule has 3 heterocycles. The Morgan fingerprint density at radius 1 is 1.15 bits per heavy atom. The lowest BCUT2D eigenvalue weighted by Crippen LogP contribution is -2.42. The van der Waals surface area contributed by atoms with E-state index in [1.54, 1.807) is 30.0 Å². The van der Waals surface area contributed by atoms with Crippen LogP contribution in [0.3, 0.4) is 0 Å². The maximum absolute atomic E-state index is 12.8. The van der Waals surface area contributed by atoms with Crippen molar-refractivity contribution >= 4 is 40.6 Å². The van der Waals surface area contributed by atoms with Crippen LogP contribution in [-0.2, 0) is 9.59 Å². The van der Waals surface area contributed by atoms with Gasteiger partial charge in [0.05, 0.1) is 9.83 Å². The Bertz CT molecular complexity index is 1150. The van der Waals surface area contributed by atoms with Crippen LogP contribution in [0, 0.1) is 17.0 Å². The van der Waals surface area contributed by atoms with Gasteiger partial charge in [0.1, 0.15) is 18.1 Å². The molecule has 3 amide bonds. The third-order valence-electron chi connectivity index (χ3n) is 5.71. The molecule has 0 bridgehead atoms. The number of likely N-dealkylation sites (tertiary alicyclic amines) is 1. The van der Waals surface area contributed by atoms with Gasteiger partial charge in [-0.3, -0.25) is 29.4 Å². The number of amides is 3. The van der Waals surface area contributed by atoms with Gasteiger partial charge in [-0.2, -0.15) is 0 Å². The molecule has 0 N–H and O–H groups in total. The predicted octanol–water partition coefficient (Wildman–Crippen LogP) is 4.60. The highest BCUT2D eigenvalue weighted by molar-refractivity contribution is 8.18. The van der Waals surface area contributed by atoms with Crippen molar-refractivity contribution < 1.29 is 23.7 Å². The van der Waals surface area contributed by atoms with Gasteiger partial charge in [-0.05, 0) is 55.3 Å². The number of nitrogens with zero attached hydrogens (tertiary/aromatic N) is 3. The summed E-state index contributed by atoms with van der Waals surface area (Å²) >= 11 is 0.776. The van der Waals surface area contributed by atoms with E-state index in [-0.39, 0.29) is 23.0 Å². The van der Waals surface area contributed by atoms with Crippen LogP contribution in [0.1, 0.15) is 37.0 Å². The number of hydrogen-bond acceptors (Lipinski definition) is 7. The molecule has 0 aliphatic carbocycles. The molecule has 0 saturated carbocycles. The first-order chi connectivity index (χ1) is 15.8. The summed E-state index contributed by atoms with van der Waals surface area (Å²) in [5, 5.41) is 10.5. The van der Waals surface area contributed by atoms with Crippen LogP contribution in [-0.4, -0.2) is 51.4 Å². The molecule has 9 nitrogen and oxygen atoms in total. The average molecular weight is 470 g/mol. The minimum absolute atomic E-state index is 0.00794. The molecule has 10 heteroatoms. The summed E-state index contributed by atoms with van der Waals surface area (Å²) in [5.74, 6) is 0.128. The van der Waals surface area contributed by atoms with Crippen LogP contribution >= 0.6 is 11.8 Å². The van der Waals surface area contributed by atoms with Crippen LogP contribution in [0.25, 0.3) is 17.4 Å². The molecule has 2 saturated heterocycles. The summed E-state index contributed by atoms with van der Waals surface area (Å²) < 4.78 is 5.80. The Kier molecular flexibility index (Phi) is 6.64. The van der Waals surface area contributed by atoms with Crippen molar-refractivity contribution in [2.24, 2.45) is 0 Å². The minimum Gasteiger partial charge on any atom is -0.457 e. The molecule has 33 heavy (non-hydrogen) atoms. The second-order valence-electron chi connectivity index (χ2n) is 8.02. The fraction of sp³-hybridized carbons (Fsp3) is 0.348. The van der Waals surface area contributed by atoms with Crippen molar-refractivity contribution in [2.45, 2.75) is 32.6 Å². The number of imide groups is 1. The molecule has 0 unspecified atom stereocenters. The smallest absolute Gasteiger partial charge is 0.294 e. The number of rotatable bonds is 5. The third-order valence-corrected chi connectivity index (χ3v) is 6.62. The summed E-state index contributed by atoms with van der Waals surface area (Å²) in [6.07, 6.45) is 5.51. The largest absolute Gasteiger partial charge is 0.457 e. The number of hydrogen-bond donors (Lipinski definition) is 0. The number of nitro benzene ring substituents is 1. The number of thioether (sulfide) groups is 1. The first-order valence-corrected chi connectivity index (χ1v) is 11.5. The van der Waals surface area contributed by atoms with Gasteiger partial charge in [0.2, 0.25) is 5.91 Å². The maximum Gasteiger partial charge on any atom is 0.294 e. The molecule has 0 spiro atoms. The molecule has 2 aliphatic heterocycles. The lowest BCUT2D eigenvalue weighted by atomic mass is 10.1. The lowest BCUT2D eigenvalue weighted by Gasteiger charge is -2.22. The Labute approximate surface area is 194 Å². The summed E-state index contributed by atoms with van der Waals surface area (Å²) in [6, 6.07) is 7.83. The predicted molar refractivity (Wildman–Crippen MR) is 123 cm³/mol. The van der Waals surface area contributed by atoms with E-state index >= 15 is 0 Å². The first kappa shape index (κ1) is 22.8. The number of carbonyl (C=O) groups is 3. The van der Waals surface area contributed by atoms with Gasteiger partial charge in [-0.1, -0.05) is 12.8 Å². The highest BCUT2D eigenvalue weighted by Gasteiger charge is 2.37. The second kappa shape index (κ2) is 9.62.